The van der Waals surface area contributed by atoms with Crippen LogP contribution in [0.1, 0.15) is 31.7 Å². The van der Waals surface area contributed by atoms with Crippen LogP contribution in [0, 0.1) is 0 Å². The molecule has 0 radical (unpaired) electrons. The van der Waals surface area contributed by atoms with E-state index < -0.39 is 0 Å². The van der Waals surface area contributed by atoms with Crippen molar-refractivity contribution in [3.05, 3.63) is 34.9 Å². The molecule has 1 saturated carbocycles. The van der Waals surface area contributed by atoms with Crippen molar-refractivity contribution >= 4 is 29.9 Å². The molecule has 3 N–H and O–H groups in total. The zero-order valence-corrected chi connectivity index (χ0v) is 12.6. The van der Waals surface area contributed by atoms with E-state index in [2.05, 4.69) is 5.32 Å². The molecule has 1 fully saturated rings. The molecule has 0 aliphatic heterocycles. The Balaban J connectivity index is 0.00000180. The second-order valence-electron chi connectivity index (χ2n) is 5.22. The Bertz CT molecular complexity index is 445. The summed E-state index contributed by atoms with van der Waals surface area (Å²) in [4.78, 5) is 11.6. The maximum Gasteiger partial charge on any atom is 0.221 e. The third-order valence-electron chi connectivity index (χ3n) is 3.43. The SMILES string of the molecule is CC(N)CC(=O)NCC1(c2ccccc2Cl)CC1.Cl. The number of benzene rings is 1. The number of amides is 1. The summed E-state index contributed by atoms with van der Waals surface area (Å²) < 4.78 is 0. The third kappa shape index (κ3) is 4.10. The molecule has 106 valence electrons. The van der Waals surface area contributed by atoms with Gasteiger partial charge in [-0.3, -0.25) is 4.79 Å². The van der Waals surface area contributed by atoms with Crippen LogP contribution < -0.4 is 11.1 Å². The summed E-state index contributed by atoms with van der Waals surface area (Å²) in [5, 5.41) is 3.75. The van der Waals surface area contributed by atoms with Gasteiger partial charge in [-0.2, -0.15) is 0 Å². The molecule has 1 aromatic rings. The van der Waals surface area contributed by atoms with Crippen molar-refractivity contribution in [2.24, 2.45) is 5.73 Å². The number of halogens is 2. The highest BCUT2D eigenvalue weighted by Crippen LogP contribution is 2.49. The van der Waals surface area contributed by atoms with Gasteiger partial charge < -0.3 is 11.1 Å². The minimum absolute atomic E-state index is 0. The van der Waals surface area contributed by atoms with Crippen molar-refractivity contribution in [1.82, 2.24) is 5.32 Å². The van der Waals surface area contributed by atoms with Gasteiger partial charge in [-0.15, -0.1) is 12.4 Å². The number of nitrogens with two attached hydrogens (primary N) is 1. The molecule has 1 amide bonds. The fourth-order valence-corrected chi connectivity index (χ4v) is 2.55. The Morgan fingerprint density at radius 3 is 2.63 bits per heavy atom. The molecule has 0 saturated heterocycles. The van der Waals surface area contributed by atoms with E-state index in [1.54, 1.807) is 0 Å². The van der Waals surface area contributed by atoms with E-state index in [0.717, 1.165) is 23.4 Å². The van der Waals surface area contributed by atoms with Crippen molar-refractivity contribution < 1.29 is 4.79 Å². The molecule has 0 aromatic heterocycles. The van der Waals surface area contributed by atoms with Crippen molar-refractivity contribution in [2.75, 3.05) is 6.54 Å². The minimum Gasteiger partial charge on any atom is -0.355 e. The van der Waals surface area contributed by atoms with Gasteiger partial charge in [0.1, 0.15) is 0 Å². The molecular weight excluding hydrogens is 283 g/mol. The molecule has 2 rings (SSSR count). The van der Waals surface area contributed by atoms with Gasteiger partial charge in [-0.05, 0) is 31.4 Å². The van der Waals surface area contributed by atoms with Crippen LogP contribution in [-0.4, -0.2) is 18.5 Å². The molecule has 19 heavy (non-hydrogen) atoms. The zero-order valence-electron chi connectivity index (χ0n) is 11.0. The number of hydrogen-bond donors (Lipinski definition) is 2. The first-order valence-electron chi connectivity index (χ1n) is 6.31. The molecule has 0 spiro atoms. The lowest BCUT2D eigenvalue weighted by atomic mass is 9.96. The van der Waals surface area contributed by atoms with Gasteiger partial charge in [0.05, 0.1) is 0 Å². The van der Waals surface area contributed by atoms with E-state index in [1.807, 2.05) is 31.2 Å². The predicted molar refractivity (Wildman–Crippen MR) is 80.9 cm³/mol. The molecule has 3 nitrogen and oxygen atoms in total. The highest BCUT2D eigenvalue weighted by molar-refractivity contribution is 6.31. The average Bonchev–Trinajstić information content (AvgIpc) is 3.07. The lowest BCUT2D eigenvalue weighted by molar-refractivity contribution is -0.121. The molecule has 0 bridgehead atoms. The van der Waals surface area contributed by atoms with Crippen molar-refractivity contribution in [3.63, 3.8) is 0 Å². The Morgan fingerprint density at radius 1 is 1.47 bits per heavy atom. The van der Waals surface area contributed by atoms with Crippen LogP contribution >= 0.6 is 24.0 Å². The lowest BCUT2D eigenvalue weighted by Gasteiger charge is -2.18. The summed E-state index contributed by atoms with van der Waals surface area (Å²) in [6.45, 7) is 2.49. The number of carbonyl (C=O) groups excluding carboxylic acids is 1. The Kier molecular flexibility index (Phi) is 5.65. The predicted octanol–water partition coefficient (Wildman–Crippen LogP) is 2.65. The van der Waals surface area contributed by atoms with Crippen LogP contribution in [0.4, 0.5) is 0 Å². The molecule has 1 aliphatic rings. The van der Waals surface area contributed by atoms with Gasteiger partial charge in [-0.1, -0.05) is 29.8 Å². The average molecular weight is 303 g/mol. The maximum absolute atomic E-state index is 11.6. The third-order valence-corrected chi connectivity index (χ3v) is 3.76. The summed E-state index contributed by atoms with van der Waals surface area (Å²) in [6, 6.07) is 7.77. The molecule has 5 heteroatoms. The zero-order chi connectivity index (χ0) is 13.2. The second kappa shape index (κ2) is 6.60. The van der Waals surface area contributed by atoms with Crippen LogP contribution in [0.25, 0.3) is 0 Å². The highest BCUT2D eigenvalue weighted by Gasteiger charge is 2.45. The number of nitrogens with one attached hydrogen (secondary N) is 1. The van der Waals surface area contributed by atoms with Gasteiger partial charge in [0.15, 0.2) is 0 Å². The summed E-state index contributed by atoms with van der Waals surface area (Å²) in [6.07, 6.45) is 2.53. The molecular formula is C14H20Cl2N2O. The quantitative estimate of drug-likeness (QED) is 0.878. The maximum atomic E-state index is 11.6. The first-order chi connectivity index (χ1) is 8.53. The Morgan fingerprint density at radius 2 is 2.11 bits per heavy atom. The number of carbonyl (C=O) groups is 1. The van der Waals surface area contributed by atoms with Gasteiger partial charge >= 0.3 is 0 Å². The lowest BCUT2D eigenvalue weighted by Crippen LogP contribution is -2.35. The van der Waals surface area contributed by atoms with E-state index in [0.29, 0.717) is 13.0 Å². The monoisotopic (exact) mass is 302 g/mol. The first kappa shape index (κ1) is 16.3. The van der Waals surface area contributed by atoms with Gasteiger partial charge in [-0.25, -0.2) is 0 Å². The van der Waals surface area contributed by atoms with Crippen LogP contribution in [0.2, 0.25) is 5.02 Å². The molecule has 1 aromatic carbocycles. The van der Waals surface area contributed by atoms with Crippen LogP contribution in [0.5, 0.6) is 0 Å². The summed E-state index contributed by atoms with van der Waals surface area (Å²) in [5.41, 5.74) is 6.80. The normalized spacial score (nSPS) is 17.2. The molecule has 1 atom stereocenters. The number of hydrogen-bond acceptors (Lipinski definition) is 2. The highest BCUT2D eigenvalue weighted by atomic mass is 35.5. The van der Waals surface area contributed by atoms with E-state index in [9.17, 15) is 4.79 Å². The molecule has 1 aliphatic carbocycles. The number of rotatable bonds is 5. The summed E-state index contributed by atoms with van der Waals surface area (Å²) in [7, 11) is 0. The van der Waals surface area contributed by atoms with Crippen molar-refractivity contribution in [2.45, 2.75) is 37.6 Å². The smallest absolute Gasteiger partial charge is 0.221 e. The second-order valence-corrected chi connectivity index (χ2v) is 5.63. The molecule has 0 heterocycles. The summed E-state index contributed by atoms with van der Waals surface area (Å²) >= 11 is 6.22. The fraction of sp³-hybridized carbons (Fsp3) is 0.500. The summed E-state index contributed by atoms with van der Waals surface area (Å²) in [5.74, 6) is 0.0170. The van der Waals surface area contributed by atoms with Crippen molar-refractivity contribution in [1.29, 1.82) is 0 Å². The molecule has 1 unspecified atom stereocenters. The largest absolute Gasteiger partial charge is 0.355 e. The van der Waals surface area contributed by atoms with E-state index in [-0.39, 0.29) is 29.8 Å². The van der Waals surface area contributed by atoms with Crippen LogP contribution in [0.15, 0.2) is 24.3 Å². The van der Waals surface area contributed by atoms with Gasteiger partial charge in [0, 0.05) is 29.4 Å². The topological polar surface area (TPSA) is 55.1 Å². The van der Waals surface area contributed by atoms with Gasteiger partial charge in [0.2, 0.25) is 5.91 Å². The van der Waals surface area contributed by atoms with E-state index >= 15 is 0 Å². The first-order valence-corrected chi connectivity index (χ1v) is 6.69. The van der Waals surface area contributed by atoms with Crippen LogP contribution in [0.3, 0.4) is 0 Å². The Hall–Kier alpha value is -0.770. The van der Waals surface area contributed by atoms with Gasteiger partial charge in [0.25, 0.3) is 0 Å². The van der Waals surface area contributed by atoms with Crippen LogP contribution in [-0.2, 0) is 10.2 Å². The standard InChI is InChI=1S/C14H19ClN2O.ClH/c1-10(16)8-13(18)17-9-14(6-7-14)11-4-2-3-5-12(11)15;/h2-5,10H,6-9,16H2,1H3,(H,17,18);1H. The Labute approximate surface area is 125 Å². The van der Waals surface area contributed by atoms with E-state index in [1.165, 1.54) is 0 Å². The fourth-order valence-electron chi connectivity index (χ4n) is 2.22. The van der Waals surface area contributed by atoms with Crippen molar-refractivity contribution in [3.8, 4) is 0 Å². The van der Waals surface area contributed by atoms with E-state index in [4.69, 9.17) is 17.3 Å². The minimum atomic E-state index is -0.0968.